The van der Waals surface area contributed by atoms with E-state index >= 15 is 4.39 Å². The quantitative estimate of drug-likeness (QED) is 0.232. The Balaban J connectivity index is 1.40. The number of carbonyl (C=O) groups is 1. The highest BCUT2D eigenvalue weighted by molar-refractivity contribution is 6.08. The first kappa shape index (κ1) is 26.7. The molecule has 40 heavy (non-hydrogen) atoms. The summed E-state index contributed by atoms with van der Waals surface area (Å²) in [5, 5.41) is 13.6. The van der Waals surface area contributed by atoms with Crippen molar-refractivity contribution in [1.82, 2.24) is 15.0 Å². The van der Waals surface area contributed by atoms with Gasteiger partial charge in [-0.05, 0) is 61.2 Å². The van der Waals surface area contributed by atoms with Gasteiger partial charge in [0.05, 0.1) is 11.2 Å². The Morgan fingerprint density at radius 3 is 2.40 bits per heavy atom. The summed E-state index contributed by atoms with van der Waals surface area (Å²) in [6.07, 6.45) is 3.32. The van der Waals surface area contributed by atoms with E-state index in [0.717, 1.165) is 11.6 Å². The van der Waals surface area contributed by atoms with E-state index in [-0.39, 0.29) is 34.4 Å². The van der Waals surface area contributed by atoms with Gasteiger partial charge in [0.2, 0.25) is 0 Å². The summed E-state index contributed by atoms with van der Waals surface area (Å²) in [5.74, 6) is -1.56. The predicted molar refractivity (Wildman–Crippen MR) is 149 cm³/mol. The van der Waals surface area contributed by atoms with Gasteiger partial charge in [-0.3, -0.25) is 19.7 Å². The van der Waals surface area contributed by atoms with Gasteiger partial charge < -0.3 is 15.2 Å². The first-order valence-corrected chi connectivity index (χ1v) is 12.6. The molecule has 3 aromatic heterocycles. The topological polar surface area (TPSA) is 97.2 Å². The maximum atomic E-state index is 15.1. The summed E-state index contributed by atoms with van der Waals surface area (Å²) < 4.78 is 34.3. The third-order valence-electron chi connectivity index (χ3n) is 6.53. The summed E-state index contributed by atoms with van der Waals surface area (Å²) in [5.41, 5.74) is 3.82. The Kier molecular flexibility index (Phi) is 7.13. The first-order chi connectivity index (χ1) is 19.1. The third kappa shape index (κ3) is 5.18. The lowest BCUT2D eigenvalue weighted by Crippen LogP contribution is -2.15. The van der Waals surface area contributed by atoms with Crippen molar-refractivity contribution < 1.29 is 23.4 Å². The molecule has 0 spiro atoms. The maximum Gasteiger partial charge on any atom is 0.261 e. The number of carbonyl (C=O) groups excluding carboxylic acids is 1. The van der Waals surface area contributed by atoms with Gasteiger partial charge >= 0.3 is 0 Å². The van der Waals surface area contributed by atoms with Crippen LogP contribution in [0.4, 0.5) is 14.5 Å². The molecule has 0 radical (unpaired) electrons. The highest BCUT2D eigenvalue weighted by Crippen LogP contribution is 2.37. The maximum absolute atomic E-state index is 15.1. The fourth-order valence-corrected chi connectivity index (χ4v) is 4.46. The van der Waals surface area contributed by atoms with Crippen LogP contribution in [-0.4, -0.2) is 26.0 Å². The van der Waals surface area contributed by atoms with Crippen molar-refractivity contribution >= 4 is 22.6 Å². The molecule has 0 unspecified atom stereocenters. The average Bonchev–Trinajstić information content (AvgIpc) is 2.90. The molecule has 0 fully saturated rings. The van der Waals surface area contributed by atoms with Crippen LogP contribution < -0.4 is 10.1 Å². The van der Waals surface area contributed by atoms with Gasteiger partial charge in [0.1, 0.15) is 22.6 Å². The number of benzene rings is 2. The van der Waals surface area contributed by atoms with Crippen LogP contribution in [0, 0.1) is 25.5 Å². The second-order valence-electron chi connectivity index (χ2n) is 9.69. The lowest BCUT2D eigenvalue weighted by atomic mass is 9.98. The van der Waals surface area contributed by atoms with Crippen LogP contribution in [0.2, 0.25) is 0 Å². The van der Waals surface area contributed by atoms with Crippen LogP contribution in [0.15, 0.2) is 67.0 Å². The minimum absolute atomic E-state index is 0.0603. The van der Waals surface area contributed by atoms with Gasteiger partial charge in [-0.2, -0.15) is 0 Å². The van der Waals surface area contributed by atoms with Crippen molar-refractivity contribution in [3.8, 4) is 28.4 Å². The van der Waals surface area contributed by atoms with Crippen LogP contribution in [0.3, 0.4) is 0 Å². The third-order valence-corrected chi connectivity index (χ3v) is 6.53. The number of halogens is 2. The van der Waals surface area contributed by atoms with E-state index in [1.54, 1.807) is 32.3 Å². The molecule has 9 heteroatoms. The molecule has 0 atom stereocenters. The van der Waals surface area contributed by atoms with Gasteiger partial charge in [0, 0.05) is 41.5 Å². The number of nitrogens with zero attached hydrogens (tertiary/aromatic N) is 3. The molecule has 0 aliphatic heterocycles. The monoisotopic (exact) mass is 540 g/mol. The molecule has 2 N–H and O–H groups in total. The van der Waals surface area contributed by atoms with Gasteiger partial charge in [0.15, 0.2) is 17.3 Å². The number of rotatable bonds is 6. The minimum Gasteiger partial charge on any atom is -0.506 e. The zero-order valence-corrected chi connectivity index (χ0v) is 22.3. The minimum atomic E-state index is -0.712. The number of aryl methyl sites for hydroxylation is 2. The van der Waals surface area contributed by atoms with E-state index in [1.165, 1.54) is 36.4 Å². The fraction of sp³-hybridized carbons (Fsp3) is 0.161. The number of nitrogens with one attached hydrogen (secondary N) is 1. The Bertz CT molecular complexity index is 1760. The fourth-order valence-electron chi connectivity index (χ4n) is 4.46. The second kappa shape index (κ2) is 10.7. The van der Waals surface area contributed by atoms with Crippen LogP contribution in [-0.2, 0) is 0 Å². The van der Waals surface area contributed by atoms with E-state index in [1.807, 2.05) is 6.07 Å². The van der Waals surface area contributed by atoms with Crippen LogP contribution >= 0.6 is 0 Å². The van der Waals surface area contributed by atoms with E-state index < -0.39 is 17.5 Å². The number of pyridine rings is 3. The smallest absolute Gasteiger partial charge is 0.261 e. The molecular formula is C31H26F2N4O3. The number of fused-ring (bicyclic) bond motifs is 1. The Morgan fingerprint density at radius 1 is 0.950 bits per heavy atom. The largest absolute Gasteiger partial charge is 0.506 e. The molecule has 2 aromatic carbocycles. The lowest BCUT2D eigenvalue weighted by Gasteiger charge is -2.15. The summed E-state index contributed by atoms with van der Waals surface area (Å²) >= 11 is 0. The SMILES string of the molecule is Cc1nc(C)c(-c2ccc(F)cc2)c(O)c1C(=O)Nc1ccc(Oc2ccnc3cc(C(C)C)cnc23)c(F)c1. The summed E-state index contributed by atoms with van der Waals surface area (Å²) in [6, 6.07) is 13.0. The van der Waals surface area contributed by atoms with Gasteiger partial charge in [-0.15, -0.1) is 0 Å². The number of ether oxygens (including phenoxy) is 1. The van der Waals surface area contributed by atoms with Crippen LogP contribution in [0.1, 0.15) is 47.1 Å². The van der Waals surface area contributed by atoms with Crippen molar-refractivity contribution in [3.63, 3.8) is 0 Å². The first-order valence-electron chi connectivity index (χ1n) is 12.6. The van der Waals surface area contributed by atoms with E-state index in [9.17, 15) is 14.3 Å². The van der Waals surface area contributed by atoms with Gasteiger partial charge in [0.25, 0.3) is 5.91 Å². The van der Waals surface area contributed by atoms with Crippen molar-refractivity contribution in [2.45, 2.75) is 33.6 Å². The molecule has 3 heterocycles. The summed E-state index contributed by atoms with van der Waals surface area (Å²) in [7, 11) is 0. The zero-order chi connectivity index (χ0) is 28.6. The highest BCUT2D eigenvalue weighted by atomic mass is 19.1. The average molecular weight is 541 g/mol. The number of aromatic nitrogens is 3. The van der Waals surface area contributed by atoms with Crippen LogP contribution in [0.5, 0.6) is 17.2 Å². The van der Waals surface area contributed by atoms with Gasteiger partial charge in [-0.1, -0.05) is 26.0 Å². The number of amides is 1. The molecule has 0 saturated carbocycles. The summed E-state index contributed by atoms with van der Waals surface area (Å²) in [6.45, 7) is 7.39. The van der Waals surface area contributed by atoms with E-state index in [4.69, 9.17) is 4.74 Å². The molecule has 7 nitrogen and oxygen atoms in total. The van der Waals surface area contributed by atoms with Crippen molar-refractivity contribution in [2.75, 3.05) is 5.32 Å². The molecule has 5 rings (SSSR count). The molecule has 0 bridgehead atoms. The zero-order valence-electron chi connectivity index (χ0n) is 22.3. The number of aromatic hydroxyl groups is 1. The second-order valence-corrected chi connectivity index (χ2v) is 9.69. The number of hydrogen-bond acceptors (Lipinski definition) is 6. The highest BCUT2D eigenvalue weighted by Gasteiger charge is 2.23. The van der Waals surface area contributed by atoms with Crippen molar-refractivity contribution in [1.29, 1.82) is 0 Å². The molecule has 0 saturated heterocycles. The molecule has 5 aromatic rings. The van der Waals surface area contributed by atoms with E-state index in [0.29, 0.717) is 33.6 Å². The molecule has 0 aliphatic rings. The number of hydrogen-bond donors (Lipinski definition) is 2. The molecular weight excluding hydrogens is 514 g/mol. The van der Waals surface area contributed by atoms with E-state index in [2.05, 4.69) is 34.1 Å². The number of anilines is 1. The van der Waals surface area contributed by atoms with Crippen molar-refractivity contribution in [3.05, 3.63) is 101 Å². The lowest BCUT2D eigenvalue weighted by molar-refractivity contribution is 0.102. The Morgan fingerprint density at radius 2 is 1.70 bits per heavy atom. The van der Waals surface area contributed by atoms with Crippen molar-refractivity contribution in [2.24, 2.45) is 0 Å². The van der Waals surface area contributed by atoms with Gasteiger partial charge in [-0.25, -0.2) is 8.78 Å². The molecule has 1 amide bonds. The molecule has 202 valence electrons. The molecule has 0 aliphatic carbocycles. The predicted octanol–water partition coefficient (Wildman–Crippen LogP) is 7.46. The normalized spacial score (nSPS) is 11.2. The summed E-state index contributed by atoms with van der Waals surface area (Å²) in [4.78, 5) is 26.4. The van der Waals surface area contributed by atoms with Crippen LogP contribution in [0.25, 0.3) is 22.2 Å². The Hall–Kier alpha value is -4.92. The Labute approximate surface area is 229 Å². The standard InChI is InChI=1S/C31H26F2N4O3/c1-16(2)20-13-24-29(35-15-20)26(11-12-34-24)40-25-10-9-22(14-23(25)33)37-31(39)28-18(4)36-17(3)27(30(28)38)19-5-7-21(32)8-6-19/h5-16H,1-4H3,(H,36,38)(H,37,39).